The molecule has 0 bridgehead atoms. The number of methoxy groups -OCH3 is 1. The minimum absolute atomic E-state index is 0.0110. The number of piperidine rings is 1. The van der Waals surface area contributed by atoms with Crippen molar-refractivity contribution in [3.05, 3.63) is 0 Å². The molecule has 20 heavy (non-hydrogen) atoms. The second-order valence-corrected chi connectivity index (χ2v) is 5.35. The van der Waals surface area contributed by atoms with Gasteiger partial charge in [-0.25, -0.2) is 0 Å². The Morgan fingerprint density at radius 3 is 2.60 bits per heavy atom. The minimum Gasteiger partial charge on any atom is -0.375 e. The Bertz CT molecular complexity index is 315. The molecule has 0 radical (unpaired) electrons. The molecule has 0 saturated carbocycles. The van der Waals surface area contributed by atoms with E-state index in [4.69, 9.17) is 10.5 Å². The van der Waals surface area contributed by atoms with Crippen molar-refractivity contribution in [2.75, 3.05) is 26.8 Å². The summed E-state index contributed by atoms with van der Waals surface area (Å²) in [5, 5.41) is 2.99. The lowest BCUT2D eigenvalue weighted by Gasteiger charge is -2.32. The second-order valence-electron chi connectivity index (χ2n) is 5.35. The van der Waals surface area contributed by atoms with Crippen LogP contribution in [-0.4, -0.2) is 55.6 Å². The molecule has 1 aliphatic rings. The maximum Gasteiger partial charge on any atom is 0.248 e. The predicted molar refractivity (Wildman–Crippen MR) is 77.1 cm³/mol. The van der Waals surface area contributed by atoms with Crippen LogP contribution in [-0.2, 0) is 14.3 Å². The third-order valence-electron chi connectivity index (χ3n) is 3.67. The fourth-order valence-corrected chi connectivity index (χ4v) is 2.35. The molecule has 0 aromatic heterocycles. The zero-order valence-corrected chi connectivity index (χ0v) is 12.6. The highest BCUT2D eigenvalue weighted by molar-refractivity contribution is 5.81. The number of unbranched alkanes of at least 4 members (excludes halogenated alkanes) is 1. The van der Waals surface area contributed by atoms with Gasteiger partial charge in [-0.1, -0.05) is 19.8 Å². The largest absolute Gasteiger partial charge is 0.375 e. The zero-order valence-electron chi connectivity index (χ0n) is 12.6. The van der Waals surface area contributed by atoms with E-state index in [0.717, 1.165) is 32.1 Å². The second kappa shape index (κ2) is 8.92. The molecule has 1 atom stereocenters. The molecule has 0 aromatic carbocycles. The maximum absolute atomic E-state index is 11.9. The molecule has 3 N–H and O–H groups in total. The minimum atomic E-state index is -0.414. The van der Waals surface area contributed by atoms with Crippen molar-refractivity contribution in [3.8, 4) is 0 Å². The molecule has 0 aromatic rings. The summed E-state index contributed by atoms with van der Waals surface area (Å²) in [6.45, 7) is 3.53. The molecular weight excluding hydrogens is 258 g/mol. The van der Waals surface area contributed by atoms with Crippen LogP contribution in [0.2, 0.25) is 0 Å². The highest BCUT2D eigenvalue weighted by Gasteiger charge is 2.24. The number of amides is 2. The zero-order chi connectivity index (χ0) is 15.0. The summed E-state index contributed by atoms with van der Waals surface area (Å²) < 4.78 is 4.84. The van der Waals surface area contributed by atoms with Crippen molar-refractivity contribution < 1.29 is 14.3 Å². The van der Waals surface area contributed by atoms with Crippen molar-refractivity contribution in [2.45, 2.75) is 51.1 Å². The third-order valence-corrected chi connectivity index (χ3v) is 3.67. The first-order valence-corrected chi connectivity index (χ1v) is 7.41. The summed E-state index contributed by atoms with van der Waals surface area (Å²) in [5.41, 5.74) is 5.84. The summed E-state index contributed by atoms with van der Waals surface area (Å²) >= 11 is 0. The molecule has 6 nitrogen and oxygen atoms in total. The van der Waals surface area contributed by atoms with Gasteiger partial charge >= 0.3 is 0 Å². The number of carbonyl (C=O) groups excluding carboxylic acids is 2. The normalized spacial score (nSPS) is 17.9. The van der Waals surface area contributed by atoms with Crippen molar-refractivity contribution in [3.63, 3.8) is 0 Å². The molecular formula is C14H27N3O3. The first-order valence-electron chi connectivity index (χ1n) is 7.41. The van der Waals surface area contributed by atoms with Crippen LogP contribution in [0.5, 0.6) is 0 Å². The fraction of sp³-hybridized carbons (Fsp3) is 0.857. The molecule has 1 fully saturated rings. The Hall–Kier alpha value is -1.14. The molecule has 0 aliphatic carbocycles. The van der Waals surface area contributed by atoms with Crippen LogP contribution in [0.1, 0.15) is 39.0 Å². The molecule has 6 heteroatoms. The molecule has 1 unspecified atom stereocenters. The third kappa shape index (κ3) is 5.46. The number of hydrogen-bond acceptors (Lipinski definition) is 4. The SMILES string of the molecule is CCCCC(N)C(=O)NC1CCN(C(=O)COC)CC1. The number of hydrogen-bond donors (Lipinski definition) is 2. The van der Waals surface area contributed by atoms with E-state index >= 15 is 0 Å². The maximum atomic E-state index is 11.9. The Morgan fingerprint density at radius 1 is 1.40 bits per heavy atom. The lowest BCUT2D eigenvalue weighted by molar-refractivity contribution is -0.136. The van der Waals surface area contributed by atoms with Gasteiger partial charge in [0.2, 0.25) is 11.8 Å². The summed E-state index contributed by atoms with van der Waals surface area (Å²) in [4.78, 5) is 25.3. The van der Waals surface area contributed by atoms with E-state index in [1.807, 2.05) is 0 Å². The van der Waals surface area contributed by atoms with Crippen LogP contribution < -0.4 is 11.1 Å². The van der Waals surface area contributed by atoms with Crippen LogP contribution >= 0.6 is 0 Å². The highest BCUT2D eigenvalue weighted by Crippen LogP contribution is 2.11. The van der Waals surface area contributed by atoms with Gasteiger partial charge in [-0.05, 0) is 19.3 Å². The van der Waals surface area contributed by atoms with Gasteiger partial charge in [0.1, 0.15) is 6.61 Å². The fourth-order valence-electron chi connectivity index (χ4n) is 2.35. The van der Waals surface area contributed by atoms with Crippen LogP contribution in [0, 0.1) is 0 Å². The number of nitrogens with one attached hydrogen (secondary N) is 1. The van der Waals surface area contributed by atoms with E-state index in [1.165, 1.54) is 7.11 Å². The van der Waals surface area contributed by atoms with E-state index in [0.29, 0.717) is 13.1 Å². The van der Waals surface area contributed by atoms with Gasteiger partial charge in [-0.3, -0.25) is 9.59 Å². The average molecular weight is 285 g/mol. The number of carbonyl (C=O) groups is 2. The molecule has 1 rings (SSSR count). The van der Waals surface area contributed by atoms with Gasteiger partial charge in [0.15, 0.2) is 0 Å². The number of nitrogens with zero attached hydrogens (tertiary/aromatic N) is 1. The lowest BCUT2D eigenvalue weighted by atomic mass is 10.0. The molecule has 0 spiro atoms. The van der Waals surface area contributed by atoms with E-state index in [2.05, 4.69) is 12.2 Å². The molecule has 1 heterocycles. The number of likely N-dealkylation sites (tertiary alicyclic amines) is 1. The number of nitrogens with two attached hydrogens (primary N) is 1. The monoisotopic (exact) mass is 285 g/mol. The Kier molecular flexibility index (Phi) is 7.54. The van der Waals surface area contributed by atoms with Gasteiger partial charge in [-0.15, -0.1) is 0 Å². The van der Waals surface area contributed by atoms with E-state index in [1.54, 1.807) is 4.90 Å². The van der Waals surface area contributed by atoms with Crippen molar-refractivity contribution in [1.29, 1.82) is 0 Å². The van der Waals surface area contributed by atoms with Crippen LogP contribution in [0.3, 0.4) is 0 Å². The first-order chi connectivity index (χ1) is 9.58. The predicted octanol–water partition coefficient (Wildman–Crippen LogP) is 0.258. The van der Waals surface area contributed by atoms with Gasteiger partial charge in [-0.2, -0.15) is 0 Å². The van der Waals surface area contributed by atoms with Crippen molar-refractivity contribution >= 4 is 11.8 Å². The Labute approximate surface area is 121 Å². The summed E-state index contributed by atoms with van der Waals surface area (Å²) in [7, 11) is 1.52. The number of rotatable bonds is 7. The smallest absolute Gasteiger partial charge is 0.248 e. The Balaban J connectivity index is 2.28. The van der Waals surface area contributed by atoms with E-state index in [9.17, 15) is 9.59 Å². The van der Waals surface area contributed by atoms with Gasteiger partial charge in [0, 0.05) is 26.2 Å². The average Bonchev–Trinajstić information content (AvgIpc) is 2.45. The van der Waals surface area contributed by atoms with Crippen molar-refractivity contribution in [2.24, 2.45) is 5.73 Å². The highest BCUT2D eigenvalue weighted by atomic mass is 16.5. The van der Waals surface area contributed by atoms with Crippen LogP contribution in [0.4, 0.5) is 0 Å². The molecule has 1 saturated heterocycles. The van der Waals surface area contributed by atoms with E-state index in [-0.39, 0.29) is 24.5 Å². The molecule has 116 valence electrons. The Morgan fingerprint density at radius 2 is 2.05 bits per heavy atom. The van der Waals surface area contributed by atoms with Gasteiger partial charge in [0.25, 0.3) is 0 Å². The number of ether oxygens (including phenoxy) is 1. The quantitative estimate of drug-likeness (QED) is 0.702. The van der Waals surface area contributed by atoms with Crippen molar-refractivity contribution in [1.82, 2.24) is 10.2 Å². The summed E-state index contributed by atoms with van der Waals surface area (Å²) in [5.74, 6) is -0.0583. The summed E-state index contributed by atoms with van der Waals surface area (Å²) in [6.07, 6.45) is 4.30. The van der Waals surface area contributed by atoms with Gasteiger partial charge in [0.05, 0.1) is 6.04 Å². The van der Waals surface area contributed by atoms with E-state index < -0.39 is 6.04 Å². The summed E-state index contributed by atoms with van der Waals surface area (Å²) in [6, 6.07) is -0.287. The molecule has 2 amide bonds. The molecule has 1 aliphatic heterocycles. The van der Waals surface area contributed by atoms with Crippen LogP contribution in [0.15, 0.2) is 0 Å². The van der Waals surface area contributed by atoms with Gasteiger partial charge < -0.3 is 20.7 Å². The standard InChI is InChI=1S/C14H27N3O3/c1-3-4-5-12(15)14(19)16-11-6-8-17(9-7-11)13(18)10-20-2/h11-12H,3-10,15H2,1-2H3,(H,16,19). The first kappa shape index (κ1) is 16.9. The topological polar surface area (TPSA) is 84.7 Å². The lowest BCUT2D eigenvalue weighted by Crippen LogP contribution is -2.50. The van der Waals surface area contributed by atoms with Crippen LogP contribution in [0.25, 0.3) is 0 Å².